The third-order valence-corrected chi connectivity index (χ3v) is 1.61. The number of hydrogen-bond acceptors (Lipinski definition) is 3. The number of nitrogens with zero attached hydrogens (tertiary/aromatic N) is 3. The van der Waals surface area contributed by atoms with Crippen molar-refractivity contribution in [3.63, 3.8) is 0 Å². The van der Waals surface area contributed by atoms with E-state index in [2.05, 4.69) is 10.1 Å². The van der Waals surface area contributed by atoms with Crippen molar-refractivity contribution in [3.05, 3.63) is 30.4 Å². The van der Waals surface area contributed by atoms with Crippen LogP contribution in [0.3, 0.4) is 0 Å². The molecule has 0 bridgehead atoms. The van der Waals surface area contributed by atoms with E-state index in [1.807, 2.05) is 18.3 Å². The second-order valence-corrected chi connectivity index (χ2v) is 2.25. The Morgan fingerprint density at radius 3 is 3.27 bits per heavy atom. The first kappa shape index (κ1) is 6.30. The molecule has 2 aromatic heterocycles. The zero-order valence-electron chi connectivity index (χ0n) is 5.94. The van der Waals surface area contributed by atoms with Crippen molar-refractivity contribution in [3.8, 4) is 0 Å². The summed E-state index contributed by atoms with van der Waals surface area (Å²) in [6, 6.07) is 3.87. The summed E-state index contributed by atoms with van der Waals surface area (Å²) in [5, 5.41) is 4.00. The molecule has 0 amide bonds. The van der Waals surface area contributed by atoms with Gasteiger partial charge in [0.2, 0.25) is 0 Å². The molecule has 11 heavy (non-hydrogen) atoms. The number of fused-ring (bicyclic) bond motifs is 1. The van der Waals surface area contributed by atoms with E-state index in [1.54, 1.807) is 4.52 Å². The number of hydrogen-bond donors (Lipinski definition) is 1. The van der Waals surface area contributed by atoms with Crippen molar-refractivity contribution in [1.29, 1.82) is 0 Å². The van der Waals surface area contributed by atoms with Gasteiger partial charge in [-0.3, -0.25) is 0 Å². The fourth-order valence-corrected chi connectivity index (χ4v) is 1.08. The predicted octanol–water partition coefficient (Wildman–Crippen LogP) is 0.188. The SMILES string of the molecule is NCc1ncnn2cccc12. The summed E-state index contributed by atoms with van der Waals surface area (Å²) >= 11 is 0. The van der Waals surface area contributed by atoms with Gasteiger partial charge in [-0.05, 0) is 12.1 Å². The topological polar surface area (TPSA) is 56.2 Å². The summed E-state index contributed by atoms with van der Waals surface area (Å²) in [7, 11) is 0. The van der Waals surface area contributed by atoms with Crippen LogP contribution in [-0.2, 0) is 6.54 Å². The maximum absolute atomic E-state index is 5.47. The Bertz CT molecular complexity index is 365. The van der Waals surface area contributed by atoms with Gasteiger partial charge >= 0.3 is 0 Å². The lowest BCUT2D eigenvalue weighted by Crippen LogP contribution is -2.03. The molecule has 2 heterocycles. The lowest BCUT2D eigenvalue weighted by atomic mass is 10.4. The molecule has 0 saturated carbocycles. The van der Waals surface area contributed by atoms with Crippen LogP contribution >= 0.6 is 0 Å². The molecule has 2 N–H and O–H groups in total. The zero-order chi connectivity index (χ0) is 7.68. The average Bonchev–Trinajstić information content (AvgIpc) is 2.50. The molecular formula is C7H8N4. The maximum Gasteiger partial charge on any atom is 0.136 e. The van der Waals surface area contributed by atoms with Crippen LogP contribution in [0.5, 0.6) is 0 Å². The molecule has 0 aromatic carbocycles. The minimum absolute atomic E-state index is 0.454. The molecular weight excluding hydrogens is 140 g/mol. The van der Waals surface area contributed by atoms with Gasteiger partial charge in [-0.2, -0.15) is 5.10 Å². The third-order valence-electron chi connectivity index (χ3n) is 1.61. The third kappa shape index (κ3) is 0.877. The molecule has 4 nitrogen and oxygen atoms in total. The zero-order valence-corrected chi connectivity index (χ0v) is 5.94. The fourth-order valence-electron chi connectivity index (χ4n) is 1.08. The quantitative estimate of drug-likeness (QED) is 0.628. The number of rotatable bonds is 1. The smallest absolute Gasteiger partial charge is 0.136 e. The summed E-state index contributed by atoms with van der Waals surface area (Å²) in [5.74, 6) is 0. The van der Waals surface area contributed by atoms with Crippen molar-refractivity contribution < 1.29 is 0 Å². The van der Waals surface area contributed by atoms with Crippen LogP contribution in [0, 0.1) is 0 Å². The van der Waals surface area contributed by atoms with Crippen LogP contribution in [0.2, 0.25) is 0 Å². The van der Waals surface area contributed by atoms with Gasteiger partial charge in [-0.25, -0.2) is 9.50 Å². The lowest BCUT2D eigenvalue weighted by molar-refractivity contribution is 0.858. The molecule has 56 valence electrons. The summed E-state index contributed by atoms with van der Waals surface area (Å²) in [6.07, 6.45) is 3.38. The largest absolute Gasteiger partial charge is 0.325 e. The molecule has 2 rings (SSSR count). The minimum atomic E-state index is 0.454. The van der Waals surface area contributed by atoms with E-state index in [4.69, 9.17) is 5.73 Å². The van der Waals surface area contributed by atoms with Crippen molar-refractivity contribution in [2.45, 2.75) is 6.54 Å². The van der Waals surface area contributed by atoms with E-state index in [-0.39, 0.29) is 0 Å². The highest BCUT2D eigenvalue weighted by Crippen LogP contribution is 2.04. The normalized spacial score (nSPS) is 10.6. The number of nitrogens with two attached hydrogens (primary N) is 1. The first-order valence-corrected chi connectivity index (χ1v) is 3.39. The Hall–Kier alpha value is -1.42. The van der Waals surface area contributed by atoms with E-state index in [0.717, 1.165) is 11.2 Å². The van der Waals surface area contributed by atoms with Gasteiger partial charge in [-0.1, -0.05) is 0 Å². The van der Waals surface area contributed by atoms with Gasteiger partial charge in [-0.15, -0.1) is 0 Å². The second-order valence-electron chi connectivity index (χ2n) is 2.25. The van der Waals surface area contributed by atoms with Crippen LogP contribution in [0.15, 0.2) is 24.7 Å². The van der Waals surface area contributed by atoms with Crippen LogP contribution < -0.4 is 5.73 Å². The summed E-state index contributed by atoms with van der Waals surface area (Å²) in [5.41, 5.74) is 7.33. The summed E-state index contributed by atoms with van der Waals surface area (Å²) < 4.78 is 1.76. The molecule has 0 radical (unpaired) electrons. The van der Waals surface area contributed by atoms with Crippen LogP contribution in [-0.4, -0.2) is 14.6 Å². The first-order valence-electron chi connectivity index (χ1n) is 3.39. The molecule has 0 fully saturated rings. The molecule has 0 unspecified atom stereocenters. The lowest BCUT2D eigenvalue weighted by Gasteiger charge is -1.97. The molecule has 0 aliphatic rings. The Kier molecular flexibility index (Phi) is 1.33. The number of aromatic nitrogens is 3. The highest BCUT2D eigenvalue weighted by Gasteiger charge is 1.98. The molecule has 0 aliphatic carbocycles. The van der Waals surface area contributed by atoms with Gasteiger partial charge in [0.1, 0.15) is 6.33 Å². The van der Waals surface area contributed by atoms with Crippen molar-refractivity contribution in [2.24, 2.45) is 5.73 Å². The maximum atomic E-state index is 5.47. The van der Waals surface area contributed by atoms with E-state index in [1.165, 1.54) is 6.33 Å². The average molecular weight is 148 g/mol. The van der Waals surface area contributed by atoms with Crippen molar-refractivity contribution in [2.75, 3.05) is 0 Å². The van der Waals surface area contributed by atoms with Gasteiger partial charge in [0.05, 0.1) is 11.2 Å². The molecule has 0 spiro atoms. The van der Waals surface area contributed by atoms with E-state index in [0.29, 0.717) is 6.54 Å². The standard InChI is InChI=1S/C7H8N4/c8-4-6-7-2-1-3-11(7)10-5-9-6/h1-3,5H,4,8H2. The van der Waals surface area contributed by atoms with E-state index < -0.39 is 0 Å². The van der Waals surface area contributed by atoms with Gasteiger partial charge in [0, 0.05) is 12.7 Å². The van der Waals surface area contributed by atoms with E-state index >= 15 is 0 Å². The highest BCUT2D eigenvalue weighted by atomic mass is 15.2. The van der Waals surface area contributed by atoms with Crippen LogP contribution in [0.25, 0.3) is 5.52 Å². The Morgan fingerprint density at radius 2 is 2.45 bits per heavy atom. The minimum Gasteiger partial charge on any atom is -0.325 e. The Balaban J connectivity index is 2.79. The Labute approximate surface area is 63.7 Å². The summed E-state index contributed by atoms with van der Waals surface area (Å²) in [6.45, 7) is 0.454. The van der Waals surface area contributed by atoms with Gasteiger partial charge in [0.15, 0.2) is 0 Å². The molecule has 0 saturated heterocycles. The van der Waals surface area contributed by atoms with Crippen molar-refractivity contribution >= 4 is 5.52 Å². The van der Waals surface area contributed by atoms with Gasteiger partial charge < -0.3 is 5.73 Å². The predicted molar refractivity (Wildman–Crippen MR) is 40.9 cm³/mol. The first-order chi connectivity index (χ1) is 5.42. The van der Waals surface area contributed by atoms with Crippen LogP contribution in [0.1, 0.15) is 5.69 Å². The monoisotopic (exact) mass is 148 g/mol. The molecule has 4 heteroatoms. The van der Waals surface area contributed by atoms with E-state index in [9.17, 15) is 0 Å². The fraction of sp³-hybridized carbons (Fsp3) is 0.143. The van der Waals surface area contributed by atoms with Crippen LogP contribution in [0.4, 0.5) is 0 Å². The Morgan fingerprint density at radius 1 is 1.55 bits per heavy atom. The molecule has 0 atom stereocenters. The summed E-state index contributed by atoms with van der Waals surface area (Å²) in [4.78, 5) is 4.04. The second kappa shape index (κ2) is 2.32. The molecule has 2 aromatic rings. The van der Waals surface area contributed by atoms with Crippen molar-refractivity contribution in [1.82, 2.24) is 14.6 Å². The highest BCUT2D eigenvalue weighted by molar-refractivity contribution is 5.50. The molecule has 0 aliphatic heterocycles. The van der Waals surface area contributed by atoms with Gasteiger partial charge in [0.25, 0.3) is 0 Å².